The van der Waals surface area contributed by atoms with Crippen LogP contribution in [0.5, 0.6) is 0 Å². The number of piperidine rings is 1. The van der Waals surface area contributed by atoms with E-state index in [1.807, 2.05) is 23.1 Å². The van der Waals surface area contributed by atoms with Crippen LogP contribution in [0.3, 0.4) is 0 Å². The molecule has 146 valence electrons. The van der Waals surface area contributed by atoms with Gasteiger partial charge in [-0.05, 0) is 56.9 Å². The fourth-order valence-corrected chi connectivity index (χ4v) is 4.09. The first-order valence-electron chi connectivity index (χ1n) is 10.5. The minimum Gasteiger partial charge on any atom is -0.355 e. The Morgan fingerprint density at radius 2 is 1.96 bits per heavy atom. The van der Waals surface area contributed by atoms with E-state index >= 15 is 0 Å². The first kappa shape index (κ1) is 19.7. The Bertz CT molecular complexity index is 654. The normalized spacial score (nSPS) is 20.3. The number of carbonyl (C=O) groups is 2. The smallest absolute Gasteiger partial charge is 0.224 e. The minimum atomic E-state index is -0.0558. The lowest BCUT2D eigenvalue weighted by molar-refractivity contribution is -0.138. The second-order valence-corrected chi connectivity index (χ2v) is 7.81. The Morgan fingerprint density at radius 3 is 2.74 bits per heavy atom. The zero-order valence-electron chi connectivity index (χ0n) is 16.3. The van der Waals surface area contributed by atoms with Crippen LogP contribution in [0.2, 0.25) is 0 Å². The number of carbonyl (C=O) groups excluding carboxylic acids is 2. The van der Waals surface area contributed by atoms with Crippen molar-refractivity contribution in [3.8, 4) is 0 Å². The van der Waals surface area contributed by atoms with Crippen molar-refractivity contribution in [3.63, 3.8) is 0 Å². The molecule has 0 saturated carbocycles. The van der Waals surface area contributed by atoms with Gasteiger partial charge in [-0.25, -0.2) is 0 Å². The van der Waals surface area contributed by atoms with Crippen molar-refractivity contribution in [1.29, 1.82) is 0 Å². The van der Waals surface area contributed by atoms with Crippen molar-refractivity contribution in [2.75, 3.05) is 19.6 Å². The summed E-state index contributed by atoms with van der Waals surface area (Å²) in [5.41, 5.74) is 2.79. The molecule has 1 saturated heterocycles. The summed E-state index contributed by atoms with van der Waals surface area (Å²) in [5, 5.41) is 3.10. The molecule has 1 aliphatic heterocycles. The van der Waals surface area contributed by atoms with Gasteiger partial charge >= 0.3 is 0 Å². The lowest BCUT2D eigenvalue weighted by Gasteiger charge is -2.32. The summed E-state index contributed by atoms with van der Waals surface area (Å²) in [6.07, 6.45) is 11.3. The summed E-state index contributed by atoms with van der Waals surface area (Å²) in [4.78, 5) is 26.6. The third-order valence-electron chi connectivity index (χ3n) is 5.74. The van der Waals surface area contributed by atoms with E-state index < -0.39 is 0 Å². The Morgan fingerprint density at radius 1 is 1.11 bits per heavy atom. The minimum absolute atomic E-state index is 0.0558. The zero-order valence-corrected chi connectivity index (χ0v) is 16.3. The molecule has 27 heavy (non-hydrogen) atoms. The van der Waals surface area contributed by atoms with Gasteiger partial charge in [0, 0.05) is 26.1 Å². The third kappa shape index (κ3) is 6.23. The number of hydrogen-bond acceptors (Lipinski definition) is 2. The van der Waals surface area contributed by atoms with E-state index in [-0.39, 0.29) is 17.7 Å². The lowest BCUT2D eigenvalue weighted by Crippen LogP contribution is -2.46. The molecule has 1 N–H and O–H groups in total. The van der Waals surface area contributed by atoms with Crippen LogP contribution in [0.1, 0.15) is 56.9 Å². The summed E-state index contributed by atoms with van der Waals surface area (Å²) in [6, 6.07) is 10.4. The van der Waals surface area contributed by atoms with Crippen molar-refractivity contribution in [3.05, 3.63) is 47.5 Å². The zero-order chi connectivity index (χ0) is 18.9. The van der Waals surface area contributed by atoms with Gasteiger partial charge in [0.1, 0.15) is 0 Å². The fourth-order valence-electron chi connectivity index (χ4n) is 4.09. The molecule has 4 nitrogen and oxygen atoms in total. The molecule has 1 fully saturated rings. The van der Waals surface area contributed by atoms with Crippen molar-refractivity contribution >= 4 is 11.8 Å². The second-order valence-electron chi connectivity index (χ2n) is 7.81. The van der Waals surface area contributed by atoms with Crippen LogP contribution in [-0.4, -0.2) is 36.3 Å². The van der Waals surface area contributed by atoms with E-state index in [0.717, 1.165) is 32.4 Å². The van der Waals surface area contributed by atoms with Gasteiger partial charge in [0.2, 0.25) is 11.8 Å². The predicted molar refractivity (Wildman–Crippen MR) is 108 cm³/mol. The van der Waals surface area contributed by atoms with Crippen molar-refractivity contribution < 1.29 is 9.59 Å². The number of nitrogens with one attached hydrogen (secondary N) is 1. The standard InChI is InChI=1S/C23H32N2O2/c26-22-14-13-21(23(27)24-16-15-20-10-5-2-6-11-20)18-25(22)17-7-12-19-8-3-1-4-9-19/h1,3-4,8-10,21H,2,5-7,11-18H2,(H,24,27). The third-order valence-corrected chi connectivity index (χ3v) is 5.74. The van der Waals surface area contributed by atoms with Gasteiger partial charge < -0.3 is 10.2 Å². The fraction of sp³-hybridized carbons (Fsp3) is 0.565. The van der Waals surface area contributed by atoms with Crippen LogP contribution in [0, 0.1) is 5.92 Å². The number of aryl methyl sites for hydroxylation is 1. The number of rotatable bonds is 8. The number of likely N-dealkylation sites (tertiary alicyclic amines) is 1. The van der Waals surface area contributed by atoms with Crippen molar-refractivity contribution in [1.82, 2.24) is 10.2 Å². The van der Waals surface area contributed by atoms with Crippen LogP contribution in [-0.2, 0) is 16.0 Å². The topological polar surface area (TPSA) is 49.4 Å². The first-order valence-corrected chi connectivity index (χ1v) is 10.5. The van der Waals surface area contributed by atoms with Crippen LogP contribution in [0.4, 0.5) is 0 Å². The molecule has 1 atom stereocenters. The van der Waals surface area contributed by atoms with Crippen LogP contribution >= 0.6 is 0 Å². The molecule has 1 aromatic carbocycles. The maximum atomic E-state index is 12.5. The van der Waals surface area contributed by atoms with Crippen LogP contribution < -0.4 is 5.32 Å². The molecular formula is C23H32N2O2. The second kappa shape index (κ2) is 10.3. The van der Waals surface area contributed by atoms with E-state index in [0.29, 0.717) is 19.4 Å². The lowest BCUT2D eigenvalue weighted by atomic mass is 9.95. The molecule has 3 rings (SSSR count). The maximum Gasteiger partial charge on any atom is 0.224 e. The quantitative estimate of drug-likeness (QED) is 0.708. The van der Waals surface area contributed by atoms with E-state index in [9.17, 15) is 9.59 Å². The van der Waals surface area contributed by atoms with Gasteiger partial charge in [-0.15, -0.1) is 0 Å². The Kier molecular flexibility index (Phi) is 7.49. The molecule has 0 aromatic heterocycles. The van der Waals surface area contributed by atoms with E-state index in [4.69, 9.17) is 0 Å². The number of nitrogens with zero attached hydrogens (tertiary/aromatic N) is 1. The molecule has 2 aliphatic rings. The number of amides is 2. The van der Waals surface area contributed by atoms with Gasteiger partial charge in [-0.1, -0.05) is 42.0 Å². The SMILES string of the molecule is O=C(NCCC1=CCCCC1)C1CCC(=O)N(CCCc2ccccc2)C1. The molecule has 0 bridgehead atoms. The molecule has 0 radical (unpaired) electrons. The van der Waals surface area contributed by atoms with E-state index in [2.05, 4.69) is 23.5 Å². The molecule has 1 aromatic rings. The Labute approximate surface area is 163 Å². The number of hydrogen-bond donors (Lipinski definition) is 1. The van der Waals surface area contributed by atoms with Crippen LogP contribution in [0.25, 0.3) is 0 Å². The van der Waals surface area contributed by atoms with Gasteiger partial charge in [-0.3, -0.25) is 9.59 Å². The first-order chi connectivity index (χ1) is 13.2. The molecular weight excluding hydrogens is 336 g/mol. The highest BCUT2D eigenvalue weighted by Crippen LogP contribution is 2.21. The van der Waals surface area contributed by atoms with Gasteiger partial charge in [0.05, 0.1) is 5.92 Å². The molecule has 0 spiro atoms. The Balaban J connectivity index is 1.39. The average molecular weight is 369 g/mol. The molecule has 2 amide bonds. The molecule has 1 heterocycles. The molecule has 1 aliphatic carbocycles. The predicted octanol–water partition coefficient (Wildman–Crippen LogP) is 3.86. The van der Waals surface area contributed by atoms with E-state index in [1.54, 1.807) is 0 Å². The van der Waals surface area contributed by atoms with Gasteiger partial charge in [-0.2, -0.15) is 0 Å². The number of allylic oxidation sites excluding steroid dienone is 1. The summed E-state index contributed by atoms with van der Waals surface area (Å²) in [6.45, 7) is 2.04. The largest absolute Gasteiger partial charge is 0.355 e. The summed E-state index contributed by atoms with van der Waals surface area (Å²) < 4.78 is 0. The van der Waals surface area contributed by atoms with Gasteiger partial charge in [0.15, 0.2) is 0 Å². The molecule has 1 unspecified atom stereocenters. The maximum absolute atomic E-state index is 12.5. The highest BCUT2D eigenvalue weighted by Gasteiger charge is 2.29. The van der Waals surface area contributed by atoms with E-state index in [1.165, 1.54) is 36.8 Å². The average Bonchev–Trinajstić information content (AvgIpc) is 2.71. The number of benzene rings is 1. The van der Waals surface area contributed by atoms with Gasteiger partial charge in [0.25, 0.3) is 0 Å². The summed E-state index contributed by atoms with van der Waals surface area (Å²) in [7, 11) is 0. The summed E-state index contributed by atoms with van der Waals surface area (Å²) in [5.74, 6) is 0.256. The van der Waals surface area contributed by atoms with Crippen molar-refractivity contribution in [2.24, 2.45) is 5.92 Å². The highest BCUT2D eigenvalue weighted by atomic mass is 16.2. The monoisotopic (exact) mass is 368 g/mol. The molecule has 4 heteroatoms. The Hall–Kier alpha value is -2.10. The summed E-state index contributed by atoms with van der Waals surface area (Å²) >= 11 is 0. The van der Waals surface area contributed by atoms with Crippen LogP contribution in [0.15, 0.2) is 42.0 Å². The van der Waals surface area contributed by atoms with Crippen molar-refractivity contribution in [2.45, 2.75) is 57.8 Å². The highest BCUT2D eigenvalue weighted by molar-refractivity contribution is 5.83.